The second-order valence-corrected chi connectivity index (χ2v) is 7.38. The van der Waals surface area contributed by atoms with Gasteiger partial charge in [0.2, 0.25) is 5.89 Å². The largest absolute Gasteiger partial charge is 0.491 e. The van der Waals surface area contributed by atoms with E-state index in [-0.39, 0.29) is 12.6 Å². The maximum Gasteiger partial charge on any atom is 0.317 e. The summed E-state index contributed by atoms with van der Waals surface area (Å²) in [6.07, 6.45) is 5.23. The van der Waals surface area contributed by atoms with Gasteiger partial charge in [-0.2, -0.15) is 4.98 Å². The highest BCUT2D eigenvalue weighted by Gasteiger charge is 2.23. The number of aromatic nitrogens is 2. The van der Waals surface area contributed by atoms with Crippen LogP contribution in [0.25, 0.3) is 0 Å². The first kappa shape index (κ1) is 18.7. The number of aliphatic hydroxyl groups excluding tert-OH is 1. The molecular formula is C20H26N4O4. The fraction of sp³-hybridized carbons (Fsp3) is 0.550. The van der Waals surface area contributed by atoms with E-state index in [1.165, 1.54) is 12.8 Å². The van der Waals surface area contributed by atoms with Crippen molar-refractivity contribution in [3.05, 3.63) is 41.0 Å². The van der Waals surface area contributed by atoms with E-state index >= 15 is 0 Å². The van der Waals surface area contributed by atoms with Crippen LogP contribution >= 0.6 is 0 Å². The number of hydrogen-bond donors (Lipinski definition) is 2. The van der Waals surface area contributed by atoms with Gasteiger partial charge in [-0.3, -0.25) is 0 Å². The number of rotatable bonds is 5. The predicted molar refractivity (Wildman–Crippen MR) is 101 cm³/mol. The van der Waals surface area contributed by atoms with Crippen LogP contribution < -0.4 is 10.1 Å². The summed E-state index contributed by atoms with van der Waals surface area (Å²) in [6.45, 7) is 1.80. The number of carbonyl (C=O) groups is 1. The predicted octanol–water partition coefficient (Wildman–Crippen LogP) is 2.37. The first-order valence-corrected chi connectivity index (χ1v) is 9.93. The topological polar surface area (TPSA) is 101 Å². The monoisotopic (exact) mass is 386 g/mol. The first-order chi connectivity index (χ1) is 13.7. The number of fused-ring (bicyclic) bond motifs is 1. The molecule has 2 amide bonds. The summed E-state index contributed by atoms with van der Waals surface area (Å²) in [5.74, 6) is 2.54. The van der Waals surface area contributed by atoms with E-state index in [1.54, 1.807) is 4.90 Å². The smallest absolute Gasteiger partial charge is 0.317 e. The zero-order valence-corrected chi connectivity index (χ0v) is 15.9. The van der Waals surface area contributed by atoms with Crippen LogP contribution in [-0.4, -0.2) is 45.9 Å². The summed E-state index contributed by atoms with van der Waals surface area (Å²) < 4.78 is 11.1. The van der Waals surface area contributed by atoms with E-state index in [0.717, 1.165) is 35.6 Å². The van der Waals surface area contributed by atoms with Gasteiger partial charge in [-0.05, 0) is 30.5 Å². The number of amides is 2. The van der Waals surface area contributed by atoms with Crippen LogP contribution in [0.2, 0.25) is 0 Å². The zero-order valence-electron chi connectivity index (χ0n) is 15.9. The summed E-state index contributed by atoms with van der Waals surface area (Å²) in [5.41, 5.74) is 1.71. The second-order valence-electron chi connectivity index (χ2n) is 7.38. The van der Waals surface area contributed by atoms with E-state index in [1.807, 2.05) is 18.2 Å². The van der Waals surface area contributed by atoms with E-state index in [0.29, 0.717) is 44.4 Å². The molecule has 1 aliphatic carbocycles. The molecule has 1 fully saturated rings. The van der Waals surface area contributed by atoms with Gasteiger partial charge in [0.25, 0.3) is 0 Å². The Morgan fingerprint density at radius 1 is 1.32 bits per heavy atom. The van der Waals surface area contributed by atoms with E-state index in [2.05, 4.69) is 15.5 Å². The zero-order chi connectivity index (χ0) is 19.3. The third-order valence-electron chi connectivity index (χ3n) is 5.39. The number of aliphatic hydroxyl groups is 1. The van der Waals surface area contributed by atoms with Crippen LogP contribution in [0, 0.1) is 0 Å². The number of hydrogen-bond acceptors (Lipinski definition) is 6. The van der Waals surface area contributed by atoms with Crippen molar-refractivity contribution in [2.75, 3.05) is 19.7 Å². The van der Waals surface area contributed by atoms with Crippen molar-refractivity contribution in [1.29, 1.82) is 0 Å². The molecule has 2 aliphatic rings. The molecule has 0 unspecified atom stereocenters. The Labute approximate surface area is 163 Å². The standard InChI is InChI=1S/C20H26N4O4/c25-13-14-5-6-17-16(11-14)12-24(9-10-27-17)20(26)21-8-7-18-22-19(28-23-18)15-3-1-2-4-15/h5-6,11,15,25H,1-4,7-10,12-13H2,(H,21,26). The molecule has 0 atom stereocenters. The number of urea groups is 1. The van der Waals surface area contributed by atoms with Crippen molar-refractivity contribution in [1.82, 2.24) is 20.4 Å². The van der Waals surface area contributed by atoms with Crippen molar-refractivity contribution in [3.8, 4) is 5.75 Å². The lowest BCUT2D eigenvalue weighted by Crippen LogP contribution is -2.41. The van der Waals surface area contributed by atoms with Gasteiger partial charge < -0.3 is 24.6 Å². The molecule has 8 heteroatoms. The van der Waals surface area contributed by atoms with Crippen LogP contribution in [-0.2, 0) is 19.6 Å². The van der Waals surface area contributed by atoms with Crippen LogP contribution in [0.4, 0.5) is 4.79 Å². The lowest BCUT2D eigenvalue weighted by atomic mass is 10.1. The van der Waals surface area contributed by atoms with Crippen molar-refractivity contribution in [2.45, 2.75) is 51.2 Å². The summed E-state index contributed by atoms with van der Waals surface area (Å²) in [5, 5.41) is 16.3. The molecule has 2 N–H and O–H groups in total. The van der Waals surface area contributed by atoms with Gasteiger partial charge in [0.05, 0.1) is 19.7 Å². The molecule has 1 saturated carbocycles. The molecule has 1 aliphatic heterocycles. The molecular weight excluding hydrogens is 360 g/mol. The Morgan fingerprint density at radius 3 is 3.00 bits per heavy atom. The molecule has 2 aromatic rings. The van der Waals surface area contributed by atoms with Gasteiger partial charge in [0, 0.05) is 24.4 Å². The Bertz CT molecular complexity index is 816. The molecule has 0 spiro atoms. The minimum atomic E-state index is -0.148. The molecule has 28 heavy (non-hydrogen) atoms. The number of carbonyl (C=O) groups excluding carboxylic acids is 1. The molecule has 0 saturated heterocycles. The SMILES string of the molecule is O=C(NCCc1noc(C2CCCC2)n1)N1CCOc2ccc(CO)cc2C1. The molecule has 8 nitrogen and oxygen atoms in total. The Hall–Kier alpha value is -2.61. The van der Waals surface area contributed by atoms with Crippen molar-refractivity contribution in [2.24, 2.45) is 0 Å². The van der Waals surface area contributed by atoms with Crippen LogP contribution in [0.15, 0.2) is 22.7 Å². The Balaban J connectivity index is 1.29. The molecule has 4 rings (SSSR count). The van der Waals surface area contributed by atoms with Gasteiger partial charge >= 0.3 is 6.03 Å². The van der Waals surface area contributed by atoms with Crippen LogP contribution in [0.5, 0.6) is 5.75 Å². The van der Waals surface area contributed by atoms with Crippen LogP contribution in [0.1, 0.15) is 54.4 Å². The summed E-state index contributed by atoms with van der Waals surface area (Å²) >= 11 is 0. The van der Waals surface area contributed by atoms with E-state index in [4.69, 9.17) is 9.26 Å². The third-order valence-corrected chi connectivity index (χ3v) is 5.39. The number of nitrogens with zero attached hydrogens (tertiary/aromatic N) is 3. The normalized spacial score (nSPS) is 17.1. The average Bonchev–Trinajstić information content (AvgIpc) is 3.35. The fourth-order valence-corrected chi connectivity index (χ4v) is 3.82. The summed E-state index contributed by atoms with van der Waals surface area (Å²) in [6, 6.07) is 5.41. The number of ether oxygens (including phenoxy) is 1. The van der Waals surface area contributed by atoms with Gasteiger partial charge in [-0.25, -0.2) is 4.79 Å². The highest BCUT2D eigenvalue weighted by Crippen LogP contribution is 2.32. The first-order valence-electron chi connectivity index (χ1n) is 9.93. The maximum absolute atomic E-state index is 12.6. The second kappa shape index (κ2) is 8.60. The third kappa shape index (κ3) is 4.27. The quantitative estimate of drug-likeness (QED) is 0.818. The minimum Gasteiger partial charge on any atom is -0.491 e. The molecule has 150 valence electrons. The van der Waals surface area contributed by atoms with Gasteiger partial charge in [0.15, 0.2) is 5.82 Å². The van der Waals surface area contributed by atoms with Gasteiger partial charge in [-0.15, -0.1) is 0 Å². The Morgan fingerprint density at radius 2 is 2.18 bits per heavy atom. The molecule has 1 aromatic heterocycles. The van der Waals surface area contributed by atoms with Gasteiger partial charge in [-0.1, -0.05) is 24.1 Å². The maximum atomic E-state index is 12.6. The molecule has 0 radical (unpaired) electrons. The van der Waals surface area contributed by atoms with Crippen molar-refractivity contribution in [3.63, 3.8) is 0 Å². The highest BCUT2D eigenvalue weighted by molar-refractivity contribution is 5.74. The fourth-order valence-electron chi connectivity index (χ4n) is 3.82. The molecule has 2 heterocycles. The summed E-state index contributed by atoms with van der Waals surface area (Å²) in [7, 11) is 0. The van der Waals surface area contributed by atoms with Gasteiger partial charge in [0.1, 0.15) is 12.4 Å². The molecule has 1 aromatic carbocycles. The van der Waals surface area contributed by atoms with E-state index < -0.39 is 0 Å². The average molecular weight is 386 g/mol. The molecule has 0 bridgehead atoms. The summed E-state index contributed by atoms with van der Waals surface area (Å²) in [4.78, 5) is 18.8. The Kier molecular flexibility index (Phi) is 5.76. The van der Waals surface area contributed by atoms with Crippen molar-refractivity contribution >= 4 is 6.03 Å². The van der Waals surface area contributed by atoms with Crippen molar-refractivity contribution < 1.29 is 19.2 Å². The minimum absolute atomic E-state index is 0.0347. The number of nitrogens with one attached hydrogen (secondary N) is 1. The number of benzene rings is 1. The lowest BCUT2D eigenvalue weighted by Gasteiger charge is -2.20. The van der Waals surface area contributed by atoms with Crippen LogP contribution in [0.3, 0.4) is 0 Å². The highest BCUT2D eigenvalue weighted by atomic mass is 16.5. The van der Waals surface area contributed by atoms with E-state index in [9.17, 15) is 9.90 Å². The lowest BCUT2D eigenvalue weighted by molar-refractivity contribution is 0.188.